The van der Waals surface area contributed by atoms with Crippen LogP contribution < -0.4 is 15.9 Å². The van der Waals surface area contributed by atoms with Crippen LogP contribution in [0.1, 0.15) is 5.56 Å². The zero-order chi connectivity index (χ0) is 15.7. The molecule has 0 atom stereocenters. The Morgan fingerprint density at radius 2 is 1.67 bits per heavy atom. The molecule has 0 radical (unpaired) electrons. The summed E-state index contributed by atoms with van der Waals surface area (Å²) in [4.78, 5) is 10.0. The molecule has 0 aromatic heterocycles. The maximum absolute atomic E-state index is 10.0. The Morgan fingerprint density at radius 3 is 2.10 bits per heavy atom. The maximum atomic E-state index is 10.0. The third-order valence-corrected chi connectivity index (χ3v) is 2.71. The number of benzene rings is 2. The van der Waals surface area contributed by atoms with Gasteiger partial charge in [0.05, 0.1) is 7.11 Å². The number of carbonyl (C=O) groups is 1. The Kier molecular flexibility index (Phi) is 7.01. The molecule has 21 heavy (non-hydrogen) atoms. The Labute approximate surface area is 124 Å². The molecule has 2 rings (SSSR count). The quantitative estimate of drug-likeness (QED) is 0.429. The summed E-state index contributed by atoms with van der Waals surface area (Å²) in [6.07, 6.45) is 1.35. The molecule has 0 spiro atoms. The molecule has 0 amide bonds. The van der Waals surface area contributed by atoms with Crippen LogP contribution in [0.2, 0.25) is 0 Å². The first-order chi connectivity index (χ1) is 10.1. The van der Waals surface area contributed by atoms with Crippen molar-refractivity contribution in [1.29, 1.82) is 0 Å². The molecule has 0 saturated heterocycles. The molecule has 2 aromatic carbocycles. The Hall–Kier alpha value is -2.31. The van der Waals surface area contributed by atoms with Gasteiger partial charge in [-0.3, -0.25) is 0 Å². The van der Waals surface area contributed by atoms with Gasteiger partial charge in [0.15, 0.2) is 0 Å². The number of hydrogen-bond acceptors (Lipinski definition) is 5. The highest BCUT2D eigenvalue weighted by atomic mass is 16.5. The van der Waals surface area contributed by atoms with Gasteiger partial charge in [-0.15, -0.1) is 0 Å². The van der Waals surface area contributed by atoms with Gasteiger partial charge < -0.3 is 25.3 Å². The summed E-state index contributed by atoms with van der Waals surface area (Å²) in [5.41, 5.74) is 7.63. The van der Waals surface area contributed by atoms with E-state index in [1.54, 1.807) is 43.5 Å². The lowest BCUT2D eigenvalue weighted by Gasteiger charge is -2.00. The van der Waals surface area contributed by atoms with E-state index in [1.165, 1.54) is 0 Å². The average molecular weight is 287 g/mol. The van der Waals surface area contributed by atoms with E-state index in [4.69, 9.17) is 20.5 Å². The normalized spacial score (nSPS) is 9.29. The van der Waals surface area contributed by atoms with E-state index >= 15 is 0 Å². The number of carbonyl (C=O) groups excluding carboxylic acids is 1. The summed E-state index contributed by atoms with van der Waals surface area (Å²) < 4.78 is 4.89. The van der Waals surface area contributed by atoms with Crippen molar-refractivity contribution in [2.24, 2.45) is 0 Å². The van der Waals surface area contributed by atoms with Gasteiger partial charge in [-0.2, -0.15) is 0 Å². The summed E-state index contributed by atoms with van der Waals surface area (Å²) in [7, 11) is 0.158. The van der Waals surface area contributed by atoms with Crippen molar-refractivity contribution in [3.8, 4) is 5.75 Å². The fourth-order valence-corrected chi connectivity index (χ4v) is 1.53. The van der Waals surface area contributed by atoms with E-state index in [1.807, 2.05) is 12.1 Å². The molecular weight excluding hydrogens is 269 g/mol. The van der Waals surface area contributed by atoms with Crippen molar-refractivity contribution in [1.82, 2.24) is 0 Å². The highest BCUT2D eigenvalue weighted by molar-refractivity contribution is 6.58. The number of ether oxygens (including phenoxy) is 1. The van der Waals surface area contributed by atoms with Crippen molar-refractivity contribution in [3.05, 3.63) is 54.1 Å². The third kappa shape index (κ3) is 6.12. The van der Waals surface area contributed by atoms with Crippen LogP contribution in [0.4, 0.5) is 5.69 Å². The molecule has 5 nitrogen and oxygen atoms in total. The molecule has 0 aliphatic rings. The molecule has 0 aliphatic heterocycles. The van der Waals surface area contributed by atoms with E-state index in [0.29, 0.717) is 17.6 Å². The zero-order valence-corrected chi connectivity index (χ0v) is 11.8. The lowest BCUT2D eigenvalue weighted by Crippen LogP contribution is -2.29. The third-order valence-electron chi connectivity index (χ3n) is 2.71. The van der Waals surface area contributed by atoms with Gasteiger partial charge in [0, 0.05) is 12.1 Å². The summed E-state index contributed by atoms with van der Waals surface area (Å²) >= 11 is 0. The minimum Gasteiger partial charge on any atom is -0.497 e. The number of rotatable bonds is 4. The number of nitrogen functional groups attached to an aromatic ring is 1. The Morgan fingerprint density at radius 1 is 1.10 bits per heavy atom. The summed E-state index contributed by atoms with van der Waals surface area (Å²) in [6, 6.07) is 13.8. The van der Waals surface area contributed by atoms with Gasteiger partial charge in [-0.25, -0.2) is 0 Å². The van der Waals surface area contributed by atoms with Crippen molar-refractivity contribution < 1.29 is 19.6 Å². The first-order valence-corrected chi connectivity index (χ1v) is 6.35. The number of hydrogen-bond donors (Lipinski definition) is 3. The molecule has 4 N–H and O–H groups in total. The van der Waals surface area contributed by atoms with Crippen LogP contribution in [-0.4, -0.2) is 30.6 Å². The summed E-state index contributed by atoms with van der Waals surface area (Å²) in [6.45, 7) is 0. The van der Waals surface area contributed by atoms with Crippen LogP contribution in [0.25, 0.3) is 0 Å². The topological polar surface area (TPSA) is 92.8 Å². The van der Waals surface area contributed by atoms with Gasteiger partial charge in [-0.05, 0) is 35.3 Å². The summed E-state index contributed by atoms with van der Waals surface area (Å²) in [5, 5.41) is 17.4. The van der Waals surface area contributed by atoms with Gasteiger partial charge in [-0.1, -0.05) is 24.3 Å². The second-order valence-electron chi connectivity index (χ2n) is 4.26. The van der Waals surface area contributed by atoms with Crippen LogP contribution in [-0.2, 0) is 11.2 Å². The van der Waals surface area contributed by atoms with Crippen LogP contribution in [0.3, 0.4) is 0 Å². The number of nitrogens with two attached hydrogens (primary N) is 1. The zero-order valence-electron chi connectivity index (χ0n) is 11.8. The predicted octanol–water partition coefficient (Wildman–Crippen LogP) is 0.385. The number of methoxy groups -OCH3 is 1. The average Bonchev–Trinajstić information content (AvgIpc) is 2.50. The molecule has 0 fully saturated rings. The fraction of sp³-hybridized carbons (Fsp3) is 0.133. The molecule has 110 valence electrons. The van der Waals surface area contributed by atoms with Gasteiger partial charge in [0.2, 0.25) is 0 Å². The van der Waals surface area contributed by atoms with E-state index in [2.05, 4.69) is 0 Å². The van der Waals surface area contributed by atoms with E-state index in [0.717, 1.165) is 17.5 Å². The minimum atomic E-state index is -1.40. The minimum absolute atomic E-state index is 0.464. The first-order valence-electron chi connectivity index (χ1n) is 6.35. The first kappa shape index (κ1) is 16.7. The van der Waals surface area contributed by atoms with Crippen LogP contribution in [0.15, 0.2) is 48.5 Å². The highest BCUT2D eigenvalue weighted by Gasteiger charge is 2.09. The maximum Gasteiger partial charge on any atom is 0.488 e. The number of anilines is 1. The molecule has 0 bridgehead atoms. The van der Waals surface area contributed by atoms with E-state index < -0.39 is 7.12 Å². The van der Waals surface area contributed by atoms with E-state index in [9.17, 15) is 4.79 Å². The van der Waals surface area contributed by atoms with Crippen molar-refractivity contribution in [2.75, 3.05) is 12.8 Å². The second-order valence-corrected chi connectivity index (χ2v) is 4.26. The van der Waals surface area contributed by atoms with Crippen molar-refractivity contribution >= 4 is 24.6 Å². The van der Waals surface area contributed by atoms with Crippen molar-refractivity contribution in [3.63, 3.8) is 0 Å². The largest absolute Gasteiger partial charge is 0.497 e. The van der Waals surface area contributed by atoms with Crippen LogP contribution in [0.5, 0.6) is 5.75 Å². The number of aldehydes is 1. The predicted molar refractivity (Wildman–Crippen MR) is 83.4 cm³/mol. The van der Waals surface area contributed by atoms with Gasteiger partial charge in [0.25, 0.3) is 0 Å². The molecule has 0 aliphatic carbocycles. The smallest absolute Gasteiger partial charge is 0.488 e. The lowest BCUT2D eigenvalue weighted by molar-refractivity contribution is -0.107. The van der Waals surface area contributed by atoms with Gasteiger partial charge >= 0.3 is 7.12 Å². The van der Waals surface area contributed by atoms with E-state index in [-0.39, 0.29) is 0 Å². The second kappa shape index (κ2) is 8.78. The molecule has 0 unspecified atom stereocenters. The Bertz CT molecular complexity index is 541. The highest BCUT2D eigenvalue weighted by Crippen LogP contribution is 2.05. The Balaban J connectivity index is 0.000000211. The fourth-order valence-electron chi connectivity index (χ4n) is 1.53. The molecule has 2 aromatic rings. The SMILES string of the molecule is COc1ccc(B(O)O)cc1.Nc1ccc(CC=O)cc1. The van der Waals surface area contributed by atoms with Crippen molar-refractivity contribution in [2.45, 2.75) is 6.42 Å². The van der Waals surface area contributed by atoms with Gasteiger partial charge in [0.1, 0.15) is 12.0 Å². The van der Waals surface area contributed by atoms with Crippen LogP contribution in [0, 0.1) is 0 Å². The standard InChI is InChI=1S/C8H9NO.C7H9BO3/c9-8-3-1-7(2-4-8)5-6-10;1-11-7-4-2-6(3-5-7)8(9)10/h1-4,6H,5,9H2;2-5,9-10H,1H3. The van der Waals surface area contributed by atoms with Crippen LogP contribution >= 0.6 is 0 Å². The molecule has 0 saturated carbocycles. The monoisotopic (exact) mass is 287 g/mol. The molecule has 0 heterocycles. The lowest BCUT2D eigenvalue weighted by atomic mass is 9.80. The molecule has 6 heteroatoms. The summed E-state index contributed by atoms with van der Waals surface area (Å²) in [5.74, 6) is 0.703. The molecular formula is C15H18BNO4.